The molecule has 14 rings (SSSR count). The van der Waals surface area contributed by atoms with Gasteiger partial charge in [-0.1, -0.05) is 164 Å². The van der Waals surface area contributed by atoms with E-state index in [0.29, 0.717) is 17.5 Å². The van der Waals surface area contributed by atoms with Crippen molar-refractivity contribution in [2.75, 3.05) is 0 Å². The molecule has 0 fully saturated rings. The average Bonchev–Trinajstić information content (AvgIpc) is 4.10. The van der Waals surface area contributed by atoms with Crippen LogP contribution in [0.4, 0.5) is 0 Å². The fraction of sp³-hybridized carbons (Fsp3) is 0. The molecular weight excluding hydrogens is 845 g/mol. The summed E-state index contributed by atoms with van der Waals surface area (Å²) < 4.78 is 15.5. The molecule has 0 amide bonds. The minimum Gasteiger partial charge on any atom is -0.456 e. The van der Waals surface area contributed by atoms with Crippen LogP contribution in [0.3, 0.4) is 0 Å². The van der Waals surface area contributed by atoms with Gasteiger partial charge in [-0.25, -0.2) is 15.0 Å². The molecule has 0 atom stereocenters. The molecule has 4 aromatic heterocycles. The number of aromatic nitrogens is 4. The first-order valence-corrected chi connectivity index (χ1v) is 23.2. The highest BCUT2D eigenvalue weighted by Crippen LogP contribution is 2.43. The number of para-hydroxylation sites is 3. The molecule has 4 heterocycles. The molecule has 6 heteroatoms. The van der Waals surface area contributed by atoms with Gasteiger partial charge in [-0.15, -0.1) is 0 Å². The van der Waals surface area contributed by atoms with Crippen LogP contribution < -0.4 is 0 Å². The fourth-order valence-electron chi connectivity index (χ4n) is 10.3. The maximum atomic E-state index is 6.63. The SMILES string of the molecule is c1ccc(-c2nc(-c3cc(-c4ccccc4)c4c(c3)oc3ccccc34)nc(-c3cccc4oc5ccc(-c6ccccc6-c6ccc7c(c6)c6ccccc6n7-c6ccccc6)cc5c34)n2)cc1. The van der Waals surface area contributed by atoms with Crippen molar-refractivity contribution >= 4 is 65.7 Å². The zero-order valence-corrected chi connectivity index (χ0v) is 37.0. The van der Waals surface area contributed by atoms with Gasteiger partial charge in [0.05, 0.1) is 11.0 Å². The van der Waals surface area contributed by atoms with Gasteiger partial charge in [-0.05, 0) is 100 Å². The fourth-order valence-corrected chi connectivity index (χ4v) is 10.3. The Hall–Kier alpha value is -9.39. The first kappa shape index (κ1) is 38.8. The Kier molecular flexibility index (Phi) is 8.79. The predicted molar refractivity (Wildman–Crippen MR) is 281 cm³/mol. The van der Waals surface area contributed by atoms with Gasteiger partial charge in [-0.2, -0.15) is 0 Å². The Bertz CT molecular complexity index is 4300. The van der Waals surface area contributed by atoms with E-state index in [2.05, 4.69) is 174 Å². The molecule has 0 radical (unpaired) electrons. The van der Waals surface area contributed by atoms with Gasteiger partial charge in [0.15, 0.2) is 17.5 Å². The first-order chi connectivity index (χ1) is 34.2. The van der Waals surface area contributed by atoms with E-state index in [-0.39, 0.29) is 0 Å². The smallest absolute Gasteiger partial charge is 0.164 e. The number of furan rings is 2. The van der Waals surface area contributed by atoms with Crippen molar-refractivity contribution in [3.63, 3.8) is 0 Å². The van der Waals surface area contributed by atoms with Gasteiger partial charge in [0.1, 0.15) is 22.3 Å². The molecule has 69 heavy (non-hydrogen) atoms. The van der Waals surface area contributed by atoms with E-state index in [1.54, 1.807) is 0 Å². The van der Waals surface area contributed by atoms with Gasteiger partial charge in [-0.3, -0.25) is 0 Å². The largest absolute Gasteiger partial charge is 0.456 e. The minimum absolute atomic E-state index is 0.543. The van der Waals surface area contributed by atoms with E-state index in [1.807, 2.05) is 60.7 Å². The van der Waals surface area contributed by atoms with Crippen LogP contribution in [0.15, 0.2) is 239 Å². The van der Waals surface area contributed by atoms with Crippen molar-refractivity contribution in [3.05, 3.63) is 231 Å². The van der Waals surface area contributed by atoms with Crippen LogP contribution in [-0.4, -0.2) is 19.5 Å². The van der Waals surface area contributed by atoms with E-state index in [0.717, 1.165) is 99.6 Å². The second-order valence-corrected chi connectivity index (χ2v) is 17.5. The van der Waals surface area contributed by atoms with Gasteiger partial charge in [0, 0.05) is 54.7 Å². The Morgan fingerprint density at radius 1 is 0.275 bits per heavy atom. The van der Waals surface area contributed by atoms with E-state index in [4.69, 9.17) is 23.8 Å². The third kappa shape index (κ3) is 6.38. The standard InChI is InChI=1S/C63H38N4O2/c1-4-17-39(18-5-1)50-37-43(38-58-59(50)48-26-13-15-29-55(48)69-58)62-64-61(40-19-6-2-7-20-40)65-63(66-62)49-27-16-30-57-60(49)52-36-42(32-34-56(52)68-57)46-24-11-10-23-45(46)41-31-33-54-51(35-41)47-25-12-14-28-53(47)67(54)44-21-8-3-9-22-44/h1-38H. The van der Waals surface area contributed by atoms with Gasteiger partial charge in [0.2, 0.25) is 0 Å². The average molecular weight is 883 g/mol. The molecule has 14 aromatic rings. The highest BCUT2D eigenvalue weighted by atomic mass is 16.3. The summed E-state index contributed by atoms with van der Waals surface area (Å²) in [5, 5.41) is 6.47. The van der Waals surface area contributed by atoms with Crippen LogP contribution in [0.25, 0.3) is 139 Å². The topological polar surface area (TPSA) is 69.9 Å². The third-order valence-corrected chi connectivity index (χ3v) is 13.5. The number of hydrogen-bond acceptors (Lipinski definition) is 5. The zero-order chi connectivity index (χ0) is 45.4. The lowest BCUT2D eigenvalue weighted by Crippen LogP contribution is -2.00. The summed E-state index contributed by atoms with van der Waals surface area (Å²) >= 11 is 0. The molecule has 0 unspecified atom stereocenters. The maximum Gasteiger partial charge on any atom is 0.164 e. The summed E-state index contributed by atoms with van der Waals surface area (Å²) in [6.45, 7) is 0. The van der Waals surface area contributed by atoms with E-state index < -0.39 is 0 Å². The normalized spacial score (nSPS) is 11.8. The van der Waals surface area contributed by atoms with Crippen LogP contribution in [0, 0.1) is 0 Å². The van der Waals surface area contributed by atoms with Crippen molar-refractivity contribution in [1.82, 2.24) is 19.5 Å². The van der Waals surface area contributed by atoms with Crippen molar-refractivity contribution < 1.29 is 8.83 Å². The van der Waals surface area contributed by atoms with Crippen molar-refractivity contribution in [2.45, 2.75) is 0 Å². The second-order valence-electron chi connectivity index (χ2n) is 17.5. The summed E-state index contributed by atoms with van der Waals surface area (Å²) in [6, 6.07) is 80.4. The van der Waals surface area contributed by atoms with Crippen LogP contribution in [0.2, 0.25) is 0 Å². The Morgan fingerprint density at radius 2 is 0.812 bits per heavy atom. The van der Waals surface area contributed by atoms with Crippen LogP contribution in [0.1, 0.15) is 0 Å². The predicted octanol–water partition coefficient (Wildman–Crippen LogP) is 16.8. The number of rotatable bonds is 7. The Morgan fingerprint density at radius 3 is 1.59 bits per heavy atom. The molecule has 0 aliphatic rings. The molecule has 322 valence electrons. The van der Waals surface area contributed by atoms with Crippen LogP contribution in [0.5, 0.6) is 0 Å². The van der Waals surface area contributed by atoms with Gasteiger partial charge < -0.3 is 13.4 Å². The van der Waals surface area contributed by atoms with Crippen molar-refractivity contribution in [1.29, 1.82) is 0 Å². The molecule has 6 nitrogen and oxygen atoms in total. The molecule has 0 N–H and O–H groups in total. The first-order valence-electron chi connectivity index (χ1n) is 23.2. The summed E-state index contributed by atoms with van der Waals surface area (Å²) in [4.78, 5) is 15.7. The van der Waals surface area contributed by atoms with Crippen molar-refractivity contribution in [2.24, 2.45) is 0 Å². The number of nitrogens with zero attached hydrogens (tertiary/aromatic N) is 4. The zero-order valence-electron chi connectivity index (χ0n) is 37.0. The van der Waals surface area contributed by atoms with Crippen LogP contribution in [-0.2, 0) is 0 Å². The summed E-state index contributed by atoms with van der Waals surface area (Å²) in [7, 11) is 0. The van der Waals surface area contributed by atoms with Crippen molar-refractivity contribution in [3.8, 4) is 73.2 Å². The highest BCUT2D eigenvalue weighted by Gasteiger charge is 2.22. The lowest BCUT2D eigenvalue weighted by Gasteiger charge is -2.12. The molecule has 0 bridgehead atoms. The molecule has 0 saturated heterocycles. The maximum absolute atomic E-state index is 6.63. The highest BCUT2D eigenvalue weighted by molar-refractivity contribution is 6.15. The Balaban J connectivity index is 0.940. The number of fused-ring (bicyclic) bond motifs is 9. The number of benzene rings is 10. The summed E-state index contributed by atoms with van der Waals surface area (Å²) in [6.07, 6.45) is 0. The van der Waals surface area contributed by atoms with E-state index >= 15 is 0 Å². The summed E-state index contributed by atoms with van der Waals surface area (Å²) in [5.74, 6) is 1.67. The van der Waals surface area contributed by atoms with Gasteiger partial charge >= 0.3 is 0 Å². The molecule has 10 aromatic carbocycles. The molecule has 0 aliphatic heterocycles. The summed E-state index contributed by atoms with van der Waals surface area (Å²) in [5.41, 5.74) is 15.8. The van der Waals surface area contributed by atoms with E-state index in [1.165, 1.54) is 21.8 Å². The monoisotopic (exact) mass is 882 g/mol. The van der Waals surface area contributed by atoms with Crippen LogP contribution >= 0.6 is 0 Å². The lowest BCUT2D eigenvalue weighted by atomic mass is 9.92. The molecule has 0 saturated carbocycles. The van der Waals surface area contributed by atoms with Gasteiger partial charge in [0.25, 0.3) is 0 Å². The Labute approximate surface area is 396 Å². The molecule has 0 aliphatic carbocycles. The van der Waals surface area contributed by atoms with E-state index in [9.17, 15) is 0 Å². The second kappa shape index (κ2) is 15.6. The minimum atomic E-state index is 0.543. The number of hydrogen-bond donors (Lipinski definition) is 0. The lowest BCUT2D eigenvalue weighted by molar-refractivity contribution is 0.668. The molecular formula is C63H38N4O2. The quantitative estimate of drug-likeness (QED) is 0.159. The third-order valence-electron chi connectivity index (χ3n) is 13.5. The molecule has 0 spiro atoms.